The molecule has 0 bridgehead atoms. The second-order valence-corrected chi connectivity index (χ2v) is 18.9. The van der Waals surface area contributed by atoms with Crippen molar-refractivity contribution in [2.45, 2.75) is 71.5 Å². The van der Waals surface area contributed by atoms with Crippen LogP contribution in [0.5, 0.6) is 0 Å². The SMILES string of the molecule is C1=CC[C]([Zr]([C]2=CC=CC2)([CH]2CCCC2)[CH]2CCCC2)=C1. The zero-order valence-electron chi connectivity index (χ0n) is 13.2. The summed E-state index contributed by atoms with van der Waals surface area (Å²) in [7, 11) is 0. The van der Waals surface area contributed by atoms with Crippen molar-refractivity contribution in [2.24, 2.45) is 0 Å². The molecule has 0 atom stereocenters. The Morgan fingerprint density at radius 3 is 1.43 bits per heavy atom. The first-order valence-electron chi connectivity index (χ1n) is 9.14. The summed E-state index contributed by atoms with van der Waals surface area (Å²) in [6, 6.07) is 0. The predicted molar refractivity (Wildman–Crippen MR) is 88.1 cm³/mol. The molecule has 0 radical (unpaired) electrons. The Labute approximate surface area is 134 Å². The van der Waals surface area contributed by atoms with Gasteiger partial charge in [0.15, 0.2) is 0 Å². The van der Waals surface area contributed by atoms with Gasteiger partial charge in [0.1, 0.15) is 0 Å². The summed E-state index contributed by atoms with van der Waals surface area (Å²) < 4.78 is 6.19. The van der Waals surface area contributed by atoms with Gasteiger partial charge in [0.2, 0.25) is 0 Å². The molecule has 0 spiro atoms. The van der Waals surface area contributed by atoms with Gasteiger partial charge in [-0.2, -0.15) is 0 Å². The molecule has 0 aromatic heterocycles. The van der Waals surface area contributed by atoms with Crippen molar-refractivity contribution in [3.05, 3.63) is 43.0 Å². The third-order valence-corrected chi connectivity index (χ3v) is 22.8. The molecule has 4 aliphatic carbocycles. The summed E-state index contributed by atoms with van der Waals surface area (Å²) in [5, 5.41) is 0. The van der Waals surface area contributed by atoms with Crippen LogP contribution in [0.2, 0.25) is 7.25 Å². The molecule has 4 aliphatic rings. The van der Waals surface area contributed by atoms with Crippen molar-refractivity contribution in [3.63, 3.8) is 0 Å². The van der Waals surface area contributed by atoms with E-state index in [0.29, 0.717) is 0 Å². The van der Waals surface area contributed by atoms with Gasteiger partial charge in [-0.1, -0.05) is 0 Å². The molecule has 0 unspecified atom stereocenters. The number of hydrogen-bond donors (Lipinski definition) is 0. The molecule has 0 saturated heterocycles. The Morgan fingerprint density at radius 1 is 0.667 bits per heavy atom. The third kappa shape index (κ3) is 2.35. The summed E-state index contributed by atoms with van der Waals surface area (Å²) >= 11 is -2.43. The van der Waals surface area contributed by atoms with Gasteiger partial charge in [0, 0.05) is 0 Å². The monoisotopic (exact) mass is 358 g/mol. The van der Waals surface area contributed by atoms with Gasteiger partial charge in [-0.3, -0.25) is 0 Å². The van der Waals surface area contributed by atoms with Crippen molar-refractivity contribution in [1.29, 1.82) is 0 Å². The standard InChI is InChI=1S/2C5H9.2C5H5.Zr/c4*1-2-4-5-3-1;/h2*1H,2-5H2;2*1-3H,4H2;. The molecular formula is C20H28Zr. The Bertz CT molecular complexity index is 460. The summed E-state index contributed by atoms with van der Waals surface area (Å²) in [5.41, 5.74) is 0. The van der Waals surface area contributed by atoms with Crippen LogP contribution in [0.15, 0.2) is 43.0 Å². The van der Waals surface area contributed by atoms with Crippen molar-refractivity contribution >= 4 is 0 Å². The van der Waals surface area contributed by atoms with Crippen molar-refractivity contribution < 1.29 is 20.3 Å². The van der Waals surface area contributed by atoms with Crippen LogP contribution in [0, 0.1) is 0 Å². The van der Waals surface area contributed by atoms with Crippen molar-refractivity contribution in [2.75, 3.05) is 0 Å². The average molecular weight is 360 g/mol. The summed E-state index contributed by atoms with van der Waals surface area (Å²) in [6.07, 6.45) is 29.6. The molecular weight excluding hydrogens is 331 g/mol. The van der Waals surface area contributed by atoms with Gasteiger partial charge in [-0.25, -0.2) is 0 Å². The molecule has 2 fully saturated rings. The molecule has 2 saturated carbocycles. The van der Waals surface area contributed by atoms with Gasteiger partial charge in [-0.15, -0.1) is 0 Å². The number of hydrogen-bond acceptors (Lipinski definition) is 0. The minimum atomic E-state index is -2.43. The van der Waals surface area contributed by atoms with Crippen LogP contribution in [0.4, 0.5) is 0 Å². The van der Waals surface area contributed by atoms with Crippen LogP contribution in [-0.4, -0.2) is 0 Å². The van der Waals surface area contributed by atoms with Crippen molar-refractivity contribution in [1.82, 2.24) is 0 Å². The topological polar surface area (TPSA) is 0 Å². The van der Waals surface area contributed by atoms with Crippen LogP contribution in [0.3, 0.4) is 0 Å². The molecule has 21 heavy (non-hydrogen) atoms. The van der Waals surface area contributed by atoms with E-state index in [1.54, 1.807) is 25.7 Å². The van der Waals surface area contributed by atoms with Crippen LogP contribution in [-0.2, 0) is 20.3 Å². The zero-order valence-corrected chi connectivity index (χ0v) is 15.6. The minimum absolute atomic E-state index is 1.12. The van der Waals surface area contributed by atoms with Crippen LogP contribution in [0.1, 0.15) is 64.2 Å². The number of allylic oxidation sites excluding steroid dienone is 8. The molecule has 1 heteroatoms. The molecule has 4 rings (SSSR count). The third-order valence-electron chi connectivity index (χ3n) is 6.60. The van der Waals surface area contributed by atoms with Gasteiger partial charge in [0.05, 0.1) is 0 Å². The van der Waals surface area contributed by atoms with Crippen molar-refractivity contribution in [3.8, 4) is 0 Å². The van der Waals surface area contributed by atoms with E-state index in [0.717, 1.165) is 7.25 Å². The maximum atomic E-state index is 2.58. The van der Waals surface area contributed by atoms with E-state index < -0.39 is 20.3 Å². The normalized spacial score (nSPS) is 26.9. The van der Waals surface area contributed by atoms with Gasteiger partial charge in [-0.05, 0) is 0 Å². The second-order valence-electron chi connectivity index (χ2n) is 7.48. The average Bonchev–Trinajstić information content (AvgIpc) is 3.32. The fourth-order valence-electron chi connectivity index (χ4n) is 5.86. The van der Waals surface area contributed by atoms with Gasteiger partial charge in [0.25, 0.3) is 0 Å². The molecule has 0 heterocycles. The molecule has 0 N–H and O–H groups in total. The molecule has 112 valence electrons. The van der Waals surface area contributed by atoms with Gasteiger partial charge < -0.3 is 0 Å². The van der Waals surface area contributed by atoms with E-state index in [2.05, 4.69) is 36.5 Å². The Kier molecular flexibility index (Phi) is 4.23. The van der Waals surface area contributed by atoms with E-state index in [1.807, 2.05) is 6.56 Å². The Hall–Kier alpha value is -0.157. The van der Waals surface area contributed by atoms with E-state index >= 15 is 0 Å². The molecule has 0 aromatic carbocycles. The first-order valence-corrected chi connectivity index (χ1v) is 14.4. The molecule has 0 aromatic rings. The summed E-state index contributed by atoms with van der Waals surface area (Å²) in [6.45, 7) is 0. The fraction of sp³-hybridized carbons (Fsp3) is 0.600. The predicted octanol–water partition coefficient (Wildman–Crippen LogP) is 6.55. The molecule has 0 nitrogen and oxygen atoms in total. The van der Waals surface area contributed by atoms with Crippen LogP contribution < -0.4 is 0 Å². The fourth-order valence-corrected chi connectivity index (χ4v) is 24.2. The first kappa shape index (κ1) is 14.4. The Morgan fingerprint density at radius 2 is 1.10 bits per heavy atom. The van der Waals surface area contributed by atoms with E-state index in [1.165, 1.54) is 38.5 Å². The zero-order chi connectivity index (χ0) is 14.1. The van der Waals surface area contributed by atoms with E-state index in [4.69, 9.17) is 0 Å². The summed E-state index contributed by atoms with van der Waals surface area (Å²) in [5.74, 6) is 0. The number of rotatable bonds is 4. The second kappa shape index (κ2) is 6.15. The van der Waals surface area contributed by atoms with E-state index in [-0.39, 0.29) is 0 Å². The van der Waals surface area contributed by atoms with Gasteiger partial charge >= 0.3 is 135 Å². The maximum absolute atomic E-state index is 2.58. The molecule has 0 amide bonds. The Balaban J connectivity index is 1.80. The molecule has 0 aliphatic heterocycles. The quantitative estimate of drug-likeness (QED) is 0.533. The van der Waals surface area contributed by atoms with Crippen LogP contribution >= 0.6 is 0 Å². The van der Waals surface area contributed by atoms with Crippen LogP contribution in [0.25, 0.3) is 0 Å². The summed E-state index contributed by atoms with van der Waals surface area (Å²) in [4.78, 5) is 0. The first-order chi connectivity index (χ1) is 10.4. The van der Waals surface area contributed by atoms with E-state index in [9.17, 15) is 0 Å².